The van der Waals surface area contributed by atoms with Crippen LogP contribution < -0.4 is 9.47 Å². The molecule has 0 saturated carbocycles. The Labute approximate surface area is 118 Å². The average Bonchev–Trinajstić information content (AvgIpc) is 2.48. The van der Waals surface area contributed by atoms with E-state index in [2.05, 4.69) is 0 Å². The quantitative estimate of drug-likeness (QED) is 0.880. The zero-order valence-electron chi connectivity index (χ0n) is 11.5. The van der Waals surface area contributed by atoms with Gasteiger partial charge in [-0.2, -0.15) is 0 Å². The molecule has 1 atom stereocenters. The largest absolute Gasteiger partial charge is 0.508 e. The van der Waals surface area contributed by atoms with Crippen LogP contribution in [0.5, 0.6) is 17.2 Å². The van der Waals surface area contributed by atoms with Crippen molar-refractivity contribution in [3.05, 3.63) is 53.6 Å². The first kappa shape index (κ1) is 14.2. The Hall–Kier alpha value is -2.20. The second-order valence-corrected chi connectivity index (χ2v) is 4.53. The van der Waals surface area contributed by atoms with Gasteiger partial charge in [0.15, 0.2) is 0 Å². The zero-order valence-corrected chi connectivity index (χ0v) is 11.5. The molecule has 2 aromatic rings. The molecule has 20 heavy (non-hydrogen) atoms. The maximum Gasteiger partial charge on any atom is 0.122 e. The lowest BCUT2D eigenvalue weighted by Crippen LogP contribution is -2.02. The van der Waals surface area contributed by atoms with Gasteiger partial charge in [0.2, 0.25) is 0 Å². The summed E-state index contributed by atoms with van der Waals surface area (Å²) in [5, 5.41) is 19.6. The lowest BCUT2D eigenvalue weighted by molar-refractivity contribution is 0.177. The third-order valence-electron chi connectivity index (χ3n) is 3.12. The van der Waals surface area contributed by atoms with E-state index in [1.165, 1.54) is 0 Å². The van der Waals surface area contributed by atoms with Crippen LogP contribution in [0.1, 0.15) is 17.2 Å². The summed E-state index contributed by atoms with van der Waals surface area (Å²) in [4.78, 5) is 0. The standard InChI is InChI=1S/C16H18O4/c1-19-14-8-12(9-15(10-14)20-2)16(18)7-11-3-5-13(17)6-4-11/h3-6,8-10,16-18H,7H2,1-2H3. The van der Waals surface area contributed by atoms with E-state index in [1.807, 2.05) is 0 Å². The molecule has 2 N–H and O–H groups in total. The van der Waals surface area contributed by atoms with Crippen molar-refractivity contribution in [2.45, 2.75) is 12.5 Å². The Morgan fingerprint density at radius 2 is 1.50 bits per heavy atom. The maximum absolute atomic E-state index is 10.3. The molecule has 0 amide bonds. The minimum atomic E-state index is -0.663. The van der Waals surface area contributed by atoms with Crippen LogP contribution in [-0.4, -0.2) is 24.4 Å². The molecule has 0 radical (unpaired) electrons. The Balaban J connectivity index is 2.19. The first-order valence-corrected chi connectivity index (χ1v) is 6.31. The third-order valence-corrected chi connectivity index (χ3v) is 3.12. The van der Waals surface area contributed by atoms with Gasteiger partial charge >= 0.3 is 0 Å². The lowest BCUT2D eigenvalue weighted by Gasteiger charge is -2.14. The highest BCUT2D eigenvalue weighted by Crippen LogP contribution is 2.28. The van der Waals surface area contributed by atoms with Gasteiger partial charge in [-0.25, -0.2) is 0 Å². The lowest BCUT2D eigenvalue weighted by atomic mass is 10.0. The van der Waals surface area contributed by atoms with Crippen molar-refractivity contribution in [3.63, 3.8) is 0 Å². The number of ether oxygens (including phenoxy) is 2. The summed E-state index contributed by atoms with van der Waals surface area (Å²) in [6, 6.07) is 12.1. The molecule has 4 heteroatoms. The second kappa shape index (κ2) is 6.30. The Morgan fingerprint density at radius 1 is 0.950 bits per heavy atom. The molecule has 0 spiro atoms. The number of aromatic hydroxyl groups is 1. The number of benzene rings is 2. The Kier molecular flexibility index (Phi) is 4.48. The van der Waals surface area contributed by atoms with Gasteiger partial charge in [0.25, 0.3) is 0 Å². The number of aliphatic hydroxyl groups is 1. The van der Waals surface area contributed by atoms with Crippen LogP contribution >= 0.6 is 0 Å². The summed E-state index contributed by atoms with van der Waals surface area (Å²) < 4.78 is 10.4. The van der Waals surface area contributed by atoms with E-state index in [1.54, 1.807) is 56.7 Å². The predicted molar refractivity (Wildman–Crippen MR) is 76.3 cm³/mol. The number of phenols is 1. The maximum atomic E-state index is 10.3. The smallest absolute Gasteiger partial charge is 0.122 e. The van der Waals surface area contributed by atoms with Gasteiger partial charge in [-0.05, 0) is 35.4 Å². The molecule has 0 heterocycles. The number of aliphatic hydroxyl groups excluding tert-OH is 1. The van der Waals surface area contributed by atoms with E-state index in [0.29, 0.717) is 17.9 Å². The van der Waals surface area contributed by atoms with Crippen molar-refractivity contribution >= 4 is 0 Å². The topological polar surface area (TPSA) is 58.9 Å². The van der Waals surface area contributed by atoms with E-state index in [-0.39, 0.29) is 5.75 Å². The minimum Gasteiger partial charge on any atom is -0.508 e. The van der Waals surface area contributed by atoms with Crippen LogP contribution in [0.15, 0.2) is 42.5 Å². The molecular weight excluding hydrogens is 256 g/mol. The molecule has 2 rings (SSSR count). The number of methoxy groups -OCH3 is 2. The number of hydrogen-bond acceptors (Lipinski definition) is 4. The molecule has 0 aromatic heterocycles. The molecule has 0 bridgehead atoms. The van der Waals surface area contributed by atoms with Gasteiger partial charge in [-0.3, -0.25) is 0 Å². The molecule has 0 saturated heterocycles. The molecule has 0 aliphatic carbocycles. The van der Waals surface area contributed by atoms with Crippen molar-refractivity contribution < 1.29 is 19.7 Å². The molecule has 1 unspecified atom stereocenters. The molecule has 0 aliphatic rings. The number of hydrogen-bond donors (Lipinski definition) is 2. The van der Waals surface area contributed by atoms with Crippen molar-refractivity contribution in [1.29, 1.82) is 0 Å². The summed E-state index contributed by atoms with van der Waals surface area (Å²) in [5.74, 6) is 1.50. The molecule has 0 aliphatic heterocycles. The predicted octanol–water partition coefficient (Wildman–Crippen LogP) is 2.69. The molecule has 2 aromatic carbocycles. The Morgan fingerprint density at radius 3 is 2.00 bits per heavy atom. The highest BCUT2D eigenvalue weighted by molar-refractivity contribution is 5.40. The average molecular weight is 274 g/mol. The van der Waals surface area contributed by atoms with Gasteiger partial charge in [-0.15, -0.1) is 0 Å². The van der Waals surface area contributed by atoms with Crippen LogP contribution in [-0.2, 0) is 6.42 Å². The number of rotatable bonds is 5. The number of phenolic OH excluding ortho intramolecular Hbond substituents is 1. The minimum absolute atomic E-state index is 0.214. The second-order valence-electron chi connectivity index (χ2n) is 4.53. The monoisotopic (exact) mass is 274 g/mol. The summed E-state index contributed by atoms with van der Waals surface area (Å²) in [6.07, 6.45) is -0.208. The van der Waals surface area contributed by atoms with Gasteiger partial charge in [-0.1, -0.05) is 12.1 Å². The van der Waals surface area contributed by atoms with Gasteiger partial charge in [0.05, 0.1) is 20.3 Å². The van der Waals surface area contributed by atoms with Crippen molar-refractivity contribution in [2.75, 3.05) is 14.2 Å². The molecule has 4 nitrogen and oxygen atoms in total. The third kappa shape index (κ3) is 3.42. The first-order chi connectivity index (χ1) is 9.62. The highest BCUT2D eigenvalue weighted by Gasteiger charge is 2.12. The van der Waals surface area contributed by atoms with E-state index < -0.39 is 6.10 Å². The summed E-state index contributed by atoms with van der Waals surface area (Å²) in [7, 11) is 3.15. The molecule has 0 fully saturated rings. The zero-order chi connectivity index (χ0) is 14.5. The first-order valence-electron chi connectivity index (χ1n) is 6.31. The summed E-state index contributed by atoms with van der Waals surface area (Å²) in [5.41, 5.74) is 1.67. The molecule has 106 valence electrons. The van der Waals surface area contributed by atoms with Gasteiger partial charge in [0, 0.05) is 12.5 Å². The van der Waals surface area contributed by atoms with E-state index in [0.717, 1.165) is 11.1 Å². The van der Waals surface area contributed by atoms with Crippen molar-refractivity contribution in [1.82, 2.24) is 0 Å². The van der Waals surface area contributed by atoms with Gasteiger partial charge in [0.1, 0.15) is 17.2 Å². The van der Waals surface area contributed by atoms with Crippen LogP contribution in [0.3, 0.4) is 0 Å². The van der Waals surface area contributed by atoms with E-state index in [9.17, 15) is 10.2 Å². The van der Waals surface area contributed by atoms with Crippen molar-refractivity contribution in [3.8, 4) is 17.2 Å². The molecular formula is C16H18O4. The fourth-order valence-electron chi connectivity index (χ4n) is 1.99. The Bertz CT molecular complexity index is 541. The SMILES string of the molecule is COc1cc(OC)cc(C(O)Cc2ccc(O)cc2)c1. The fourth-order valence-corrected chi connectivity index (χ4v) is 1.99. The normalized spacial score (nSPS) is 11.9. The summed E-state index contributed by atoms with van der Waals surface area (Å²) >= 11 is 0. The van der Waals surface area contributed by atoms with Gasteiger partial charge < -0.3 is 19.7 Å². The van der Waals surface area contributed by atoms with Crippen LogP contribution in [0, 0.1) is 0 Å². The fraction of sp³-hybridized carbons (Fsp3) is 0.250. The van der Waals surface area contributed by atoms with E-state index >= 15 is 0 Å². The summed E-state index contributed by atoms with van der Waals surface area (Å²) in [6.45, 7) is 0. The van der Waals surface area contributed by atoms with Crippen LogP contribution in [0.2, 0.25) is 0 Å². The van der Waals surface area contributed by atoms with Crippen LogP contribution in [0.25, 0.3) is 0 Å². The highest BCUT2D eigenvalue weighted by atomic mass is 16.5. The van der Waals surface area contributed by atoms with Crippen molar-refractivity contribution in [2.24, 2.45) is 0 Å². The van der Waals surface area contributed by atoms with E-state index in [4.69, 9.17) is 9.47 Å². The van der Waals surface area contributed by atoms with Crippen LogP contribution in [0.4, 0.5) is 0 Å².